The number of hydrazone groups is 1. The summed E-state index contributed by atoms with van der Waals surface area (Å²) < 4.78 is 66.0. The van der Waals surface area contributed by atoms with Crippen LogP contribution in [-0.4, -0.2) is 253 Å². The lowest BCUT2D eigenvalue weighted by atomic mass is 10.0. The van der Waals surface area contributed by atoms with Crippen LogP contribution in [0, 0.1) is 0 Å². The Labute approximate surface area is 564 Å². The van der Waals surface area contributed by atoms with Crippen LogP contribution in [-0.2, 0) is 95.2 Å². The number of carboxylic acid groups (broad SMARTS) is 1. The van der Waals surface area contributed by atoms with E-state index in [1.165, 1.54) is 6.20 Å². The fraction of sp³-hybridized carbons (Fsp3) is 0.766. The molecule has 2 heterocycles. The number of azide groups is 1. The van der Waals surface area contributed by atoms with E-state index >= 15 is 0 Å². The third-order valence-corrected chi connectivity index (χ3v) is 13.2. The van der Waals surface area contributed by atoms with Crippen molar-refractivity contribution in [2.75, 3.05) is 184 Å². The molecule has 6 N–H and O–H groups in total. The number of anilines is 1. The van der Waals surface area contributed by atoms with E-state index in [1.807, 2.05) is 13.8 Å². The first-order valence-electron chi connectivity index (χ1n) is 33.3. The van der Waals surface area contributed by atoms with Gasteiger partial charge in [-0.2, -0.15) is 5.10 Å². The van der Waals surface area contributed by atoms with Gasteiger partial charge in [0.1, 0.15) is 17.4 Å². The molecule has 2 rings (SSSR count). The number of aliphatic carboxylic acids is 1. The Kier molecular flexibility index (Phi) is 58.8. The lowest BCUT2D eigenvalue weighted by molar-refractivity contribution is -0.138. The van der Waals surface area contributed by atoms with Gasteiger partial charge in [0.05, 0.1) is 157 Å². The molecule has 1 unspecified atom stereocenters. The van der Waals surface area contributed by atoms with Crippen LogP contribution in [0.3, 0.4) is 0 Å². The number of carbonyl (C=O) groups is 9. The van der Waals surface area contributed by atoms with Crippen molar-refractivity contribution in [1.29, 1.82) is 0 Å². The first-order chi connectivity index (χ1) is 46.7. The summed E-state index contributed by atoms with van der Waals surface area (Å²) in [5.41, 5.74) is 12.4. The number of carboxylic acids is 1. The summed E-state index contributed by atoms with van der Waals surface area (Å²) in [4.78, 5) is 113. The van der Waals surface area contributed by atoms with Gasteiger partial charge in [-0.1, -0.05) is 5.11 Å². The number of aromatic nitrogens is 1. The Balaban J connectivity index is 0.00000614. The van der Waals surface area contributed by atoms with Crippen LogP contribution in [0.15, 0.2) is 28.5 Å². The van der Waals surface area contributed by atoms with E-state index in [-0.39, 0.29) is 105 Å². The predicted octanol–water partition coefficient (Wildman–Crippen LogP) is 4.58. The molecule has 0 aromatic carbocycles. The average Bonchev–Trinajstić information content (AvgIpc) is 1.39. The van der Waals surface area contributed by atoms with Gasteiger partial charge in [0.2, 0.25) is 23.6 Å². The summed E-state index contributed by atoms with van der Waals surface area (Å²) >= 11 is 0. The molecule has 1 atom stereocenters. The predicted molar refractivity (Wildman–Crippen MR) is 351 cm³/mol. The molecule has 0 bridgehead atoms. The number of ether oxygens (including phenoxy) is 12. The highest BCUT2D eigenvalue weighted by Gasteiger charge is 2.21. The Morgan fingerprint density at radius 1 is 0.510 bits per heavy atom. The molecule has 32 heteroatoms. The summed E-state index contributed by atoms with van der Waals surface area (Å²) in [5, 5.41) is 26.7. The summed E-state index contributed by atoms with van der Waals surface area (Å²) in [5.74, 6) is -1.47. The van der Waals surface area contributed by atoms with Crippen molar-refractivity contribution in [3.05, 3.63) is 34.3 Å². The average molecular weight is 1370 g/mol. The third kappa shape index (κ3) is 58.8. The molecule has 32 nitrogen and oxygen atoms in total. The van der Waals surface area contributed by atoms with Gasteiger partial charge in [-0.15, -0.1) is 0 Å². The Morgan fingerprint density at radius 3 is 1.47 bits per heavy atom. The van der Waals surface area contributed by atoms with Crippen LogP contribution in [0.2, 0.25) is 0 Å². The number of carbonyl (C=O) groups excluding carboxylic acids is 8. The zero-order valence-electron chi connectivity index (χ0n) is 56.6. The number of imide groups is 1. The molecule has 1 aliphatic heterocycles. The molecule has 0 saturated carbocycles. The highest BCUT2D eigenvalue weighted by Crippen LogP contribution is 2.10. The molecule has 1 fully saturated rings. The van der Waals surface area contributed by atoms with Crippen LogP contribution in [0.25, 0.3) is 10.4 Å². The fourth-order valence-electron chi connectivity index (χ4n) is 8.06. The SMILES string of the molecule is CC(C)=NNc1ccc(C(=O)NCCOCCOCCCC(=O)CCC(=O)NCCCCC(NC(=O)CCOCCOCCOCCOCCOCCOCCOCCC(=O)O)C(=O)CCCCOCCOCCOCCCCC(=O)CCCN=[N+]=[N-])cn1.O=C1CCC(=O)N1. The van der Waals surface area contributed by atoms with Gasteiger partial charge in [0.15, 0.2) is 5.78 Å². The van der Waals surface area contributed by atoms with E-state index in [9.17, 15) is 43.2 Å². The van der Waals surface area contributed by atoms with Crippen molar-refractivity contribution >= 4 is 64.4 Å². The number of nitrogens with zero attached hydrogens (tertiary/aromatic N) is 5. The second-order valence-corrected chi connectivity index (χ2v) is 21.7. The number of pyridine rings is 1. The zero-order chi connectivity index (χ0) is 70.0. The number of nitrogens with one attached hydrogen (secondary N) is 5. The molecule has 0 radical (unpaired) electrons. The smallest absolute Gasteiger partial charge is 0.305 e. The molecule has 0 spiro atoms. The summed E-state index contributed by atoms with van der Waals surface area (Å²) in [6.07, 6.45) is 9.16. The number of rotatable bonds is 67. The van der Waals surface area contributed by atoms with E-state index in [0.717, 1.165) is 18.6 Å². The van der Waals surface area contributed by atoms with Crippen LogP contribution >= 0.6 is 0 Å². The number of Topliss-reactive ketones (excluding diaryl/α,β-unsaturated/α-hetero) is 3. The number of unbranched alkanes of at least 4 members (excludes halogenated alkanes) is 3. The standard InChI is InChI=1S/C60H103N9O20.C4H5NO2/c1-50(2)67-68-56-18-16-51(49-64-56)60(77)63-24-30-83-36-31-80-27-10-13-53(71)17-19-57(73)62-22-6-3-14-54(55(72)15-5-8-26-79-33-38-84-37-32-78-25-7-4-11-52(70)12-9-23-65-69-61)66-58(74)20-28-81-34-39-85-41-43-87-45-47-89-48-46-88-44-42-86-40-35-82-29-21-59(75)76;6-3-1-2-4(7)5-3/h16,18,49,54H,3-15,17,19-48H2,1-2H3,(H,62,73)(H,63,77)(H,64,68)(H,66,74)(H,75,76);1-2H2,(H,5,6,7). The van der Waals surface area contributed by atoms with Gasteiger partial charge in [-0.25, -0.2) is 4.98 Å². The zero-order valence-corrected chi connectivity index (χ0v) is 56.6. The lowest BCUT2D eigenvalue weighted by Gasteiger charge is -2.18. The van der Waals surface area contributed by atoms with Gasteiger partial charge in [-0.3, -0.25) is 53.9 Å². The van der Waals surface area contributed by atoms with Gasteiger partial charge >= 0.3 is 5.97 Å². The first kappa shape index (κ1) is 87.5. The van der Waals surface area contributed by atoms with E-state index in [4.69, 9.17) is 67.5 Å². The van der Waals surface area contributed by atoms with E-state index in [1.54, 1.807) is 12.1 Å². The van der Waals surface area contributed by atoms with E-state index in [0.29, 0.717) is 240 Å². The minimum absolute atomic E-state index is 0.0364. The largest absolute Gasteiger partial charge is 0.481 e. The molecular weight excluding hydrogens is 1260 g/mol. The van der Waals surface area contributed by atoms with Crippen LogP contribution in [0.5, 0.6) is 0 Å². The minimum Gasteiger partial charge on any atom is -0.481 e. The number of hydrogen-bond acceptors (Lipinski definition) is 25. The fourth-order valence-corrected chi connectivity index (χ4v) is 8.06. The second kappa shape index (κ2) is 64.5. The highest BCUT2D eigenvalue weighted by molar-refractivity contribution is 6.01. The van der Waals surface area contributed by atoms with Gasteiger partial charge in [-0.05, 0) is 89.3 Å². The van der Waals surface area contributed by atoms with Crippen molar-refractivity contribution < 1.29 is 105 Å². The van der Waals surface area contributed by atoms with Crippen LogP contribution in [0.4, 0.5) is 5.82 Å². The molecule has 1 saturated heterocycles. The van der Waals surface area contributed by atoms with Gasteiger partial charge < -0.3 is 77.9 Å². The number of hydrogen-bond donors (Lipinski definition) is 6. The Morgan fingerprint density at radius 2 is 0.979 bits per heavy atom. The van der Waals surface area contributed by atoms with Crippen molar-refractivity contribution in [2.45, 2.75) is 142 Å². The summed E-state index contributed by atoms with van der Waals surface area (Å²) in [7, 11) is 0. The quantitative estimate of drug-likeness (QED) is 0.00988. The van der Waals surface area contributed by atoms with Gasteiger partial charge in [0, 0.05) is 114 Å². The van der Waals surface area contributed by atoms with Crippen molar-refractivity contribution in [3.63, 3.8) is 0 Å². The monoisotopic (exact) mass is 1370 g/mol. The lowest BCUT2D eigenvalue weighted by Crippen LogP contribution is -2.41. The normalized spacial score (nSPS) is 12.0. The van der Waals surface area contributed by atoms with Crippen molar-refractivity contribution in [1.82, 2.24) is 26.3 Å². The minimum atomic E-state index is -0.902. The maximum Gasteiger partial charge on any atom is 0.305 e. The third-order valence-electron chi connectivity index (χ3n) is 13.2. The molecule has 96 heavy (non-hydrogen) atoms. The molecule has 1 aromatic heterocycles. The van der Waals surface area contributed by atoms with E-state index < -0.39 is 12.0 Å². The van der Waals surface area contributed by atoms with Crippen molar-refractivity contribution in [2.24, 2.45) is 10.2 Å². The maximum absolute atomic E-state index is 13.4. The molecule has 546 valence electrons. The molecule has 1 aliphatic rings. The van der Waals surface area contributed by atoms with Crippen LogP contribution in [0.1, 0.15) is 146 Å². The van der Waals surface area contributed by atoms with Crippen molar-refractivity contribution in [3.8, 4) is 0 Å². The molecule has 0 aliphatic carbocycles. The highest BCUT2D eigenvalue weighted by atomic mass is 16.6. The van der Waals surface area contributed by atoms with Crippen LogP contribution < -0.4 is 26.7 Å². The summed E-state index contributed by atoms with van der Waals surface area (Å²) in [6.45, 7) is 13.4. The second-order valence-electron chi connectivity index (χ2n) is 21.7. The maximum atomic E-state index is 13.4. The first-order valence-corrected chi connectivity index (χ1v) is 33.3. The molecule has 1 aromatic rings. The Hall–Kier alpha value is -6.52. The molecule has 5 amide bonds. The van der Waals surface area contributed by atoms with E-state index in [2.05, 4.69) is 46.8 Å². The Bertz CT molecular complexity index is 2320. The van der Waals surface area contributed by atoms with Gasteiger partial charge in [0.25, 0.3) is 5.91 Å². The topological polar surface area (TPSA) is 419 Å². The summed E-state index contributed by atoms with van der Waals surface area (Å²) in [6, 6.07) is 2.61. The molecular formula is C64H108N10O22. The number of ketones is 3. The number of amides is 5.